The highest BCUT2D eigenvalue weighted by atomic mass is 32.2. The molecule has 206 valence electrons. The molecule has 0 saturated carbocycles. The molecule has 0 aliphatic carbocycles. The summed E-state index contributed by atoms with van der Waals surface area (Å²) in [6, 6.07) is 20.8. The second-order valence-electron chi connectivity index (χ2n) is 9.22. The van der Waals surface area contributed by atoms with Gasteiger partial charge in [-0.05, 0) is 61.2 Å². The van der Waals surface area contributed by atoms with Crippen LogP contribution in [0.2, 0.25) is 0 Å². The van der Waals surface area contributed by atoms with Crippen molar-refractivity contribution < 1.29 is 27.5 Å². The van der Waals surface area contributed by atoms with Gasteiger partial charge in [0.25, 0.3) is 5.91 Å². The Morgan fingerprint density at radius 2 is 1.56 bits per heavy atom. The molecule has 0 bridgehead atoms. The molecule has 1 aliphatic rings. The summed E-state index contributed by atoms with van der Waals surface area (Å²) in [5.74, 6) is 0.386. The molecule has 10 heteroatoms. The number of anilines is 1. The molecule has 39 heavy (non-hydrogen) atoms. The zero-order valence-corrected chi connectivity index (χ0v) is 22.9. The van der Waals surface area contributed by atoms with E-state index in [1.165, 1.54) is 4.31 Å². The fraction of sp³-hybridized carbons (Fsp3) is 0.310. The molecule has 2 N–H and O–H groups in total. The molecule has 2 amide bonds. The van der Waals surface area contributed by atoms with Gasteiger partial charge < -0.3 is 20.1 Å². The number of hydrogen-bond donors (Lipinski definition) is 2. The van der Waals surface area contributed by atoms with Crippen LogP contribution in [0.4, 0.5) is 5.69 Å². The number of hydrogen-bond acceptors (Lipinski definition) is 6. The van der Waals surface area contributed by atoms with Gasteiger partial charge in [0.15, 0.2) is 11.5 Å². The maximum Gasteiger partial charge on any atom is 0.253 e. The summed E-state index contributed by atoms with van der Waals surface area (Å²) in [6.07, 6.45) is 1.39. The third-order valence-corrected chi connectivity index (χ3v) is 8.70. The summed E-state index contributed by atoms with van der Waals surface area (Å²) in [7, 11) is -0.438. The first-order chi connectivity index (χ1) is 18.8. The van der Waals surface area contributed by atoms with E-state index in [2.05, 4.69) is 10.6 Å². The molecule has 4 rings (SSSR count). The van der Waals surface area contributed by atoms with Crippen molar-refractivity contribution >= 4 is 27.5 Å². The standard InChI is InChI=1S/C29H33N3O6S/c1-37-26-13-12-21(20-27(26)38-2)14-17-30-29(34)24-10-6-7-11-25(24)31-28(33)22-15-18-32(19-16-22)39(35,36)23-8-4-3-5-9-23/h3-13,20,22H,14-19H2,1-2H3,(H,30,34)(H,31,33). The van der Waals surface area contributed by atoms with E-state index in [4.69, 9.17) is 9.47 Å². The van der Waals surface area contributed by atoms with E-state index >= 15 is 0 Å². The van der Waals surface area contributed by atoms with Gasteiger partial charge in [-0.15, -0.1) is 0 Å². The van der Waals surface area contributed by atoms with E-state index in [9.17, 15) is 18.0 Å². The first kappa shape index (κ1) is 28.1. The minimum Gasteiger partial charge on any atom is -0.493 e. The molecule has 9 nitrogen and oxygen atoms in total. The fourth-order valence-electron chi connectivity index (χ4n) is 4.58. The van der Waals surface area contributed by atoms with Crippen molar-refractivity contribution in [3.63, 3.8) is 0 Å². The summed E-state index contributed by atoms with van der Waals surface area (Å²) in [5.41, 5.74) is 1.77. The third-order valence-electron chi connectivity index (χ3n) is 6.78. The van der Waals surface area contributed by atoms with E-state index in [0.29, 0.717) is 48.6 Å². The number of carbonyl (C=O) groups is 2. The highest BCUT2D eigenvalue weighted by Gasteiger charge is 2.32. The number of ether oxygens (including phenoxy) is 2. The van der Waals surface area contributed by atoms with Crippen LogP contribution in [0.25, 0.3) is 0 Å². The summed E-state index contributed by atoms with van der Waals surface area (Å²) < 4.78 is 37.8. The Morgan fingerprint density at radius 1 is 0.897 bits per heavy atom. The second kappa shape index (κ2) is 12.8. The molecule has 0 atom stereocenters. The van der Waals surface area contributed by atoms with Crippen LogP contribution in [0.5, 0.6) is 11.5 Å². The van der Waals surface area contributed by atoms with Gasteiger partial charge in [0.2, 0.25) is 15.9 Å². The predicted octanol–water partition coefficient (Wildman–Crippen LogP) is 3.72. The zero-order chi connectivity index (χ0) is 27.8. The Kier molecular flexibility index (Phi) is 9.21. The van der Waals surface area contributed by atoms with Crippen molar-refractivity contribution in [2.24, 2.45) is 5.92 Å². The van der Waals surface area contributed by atoms with Crippen LogP contribution in [-0.4, -0.2) is 58.4 Å². The van der Waals surface area contributed by atoms with Crippen LogP contribution in [0.15, 0.2) is 77.7 Å². The van der Waals surface area contributed by atoms with Crippen molar-refractivity contribution in [2.45, 2.75) is 24.2 Å². The van der Waals surface area contributed by atoms with Gasteiger partial charge in [-0.25, -0.2) is 8.42 Å². The molecule has 0 spiro atoms. The van der Waals surface area contributed by atoms with E-state index in [1.54, 1.807) is 68.8 Å². The lowest BCUT2D eigenvalue weighted by molar-refractivity contribution is -0.120. The number of rotatable bonds is 10. The monoisotopic (exact) mass is 551 g/mol. The SMILES string of the molecule is COc1ccc(CCNC(=O)c2ccccc2NC(=O)C2CCN(S(=O)(=O)c3ccccc3)CC2)cc1OC. The quantitative estimate of drug-likeness (QED) is 0.397. The first-order valence-electron chi connectivity index (χ1n) is 12.8. The molecule has 3 aromatic carbocycles. The molecule has 1 aliphatic heterocycles. The maximum atomic E-state index is 13.0. The van der Waals surface area contributed by atoms with E-state index in [1.807, 2.05) is 18.2 Å². The molecule has 1 fully saturated rings. The lowest BCUT2D eigenvalue weighted by Gasteiger charge is -2.30. The zero-order valence-electron chi connectivity index (χ0n) is 22.1. The number of benzene rings is 3. The van der Waals surface area contributed by atoms with Gasteiger partial charge in [-0.2, -0.15) is 4.31 Å². The number of amides is 2. The maximum absolute atomic E-state index is 13.0. The van der Waals surface area contributed by atoms with Crippen LogP contribution in [0.1, 0.15) is 28.8 Å². The smallest absolute Gasteiger partial charge is 0.253 e. The number of nitrogens with zero attached hydrogens (tertiary/aromatic N) is 1. The number of para-hydroxylation sites is 1. The minimum absolute atomic E-state index is 0.225. The summed E-state index contributed by atoms with van der Waals surface area (Å²) in [5, 5.41) is 5.79. The lowest BCUT2D eigenvalue weighted by atomic mass is 9.97. The minimum atomic E-state index is -3.59. The van der Waals surface area contributed by atoms with Crippen molar-refractivity contribution in [3.8, 4) is 11.5 Å². The van der Waals surface area contributed by atoms with Gasteiger partial charge in [-0.1, -0.05) is 36.4 Å². The van der Waals surface area contributed by atoms with Crippen LogP contribution >= 0.6 is 0 Å². The van der Waals surface area contributed by atoms with Gasteiger partial charge in [0.05, 0.1) is 30.4 Å². The number of nitrogens with one attached hydrogen (secondary N) is 2. The average molecular weight is 552 g/mol. The second-order valence-corrected chi connectivity index (χ2v) is 11.2. The van der Waals surface area contributed by atoms with Crippen LogP contribution in [0, 0.1) is 5.92 Å². The third kappa shape index (κ3) is 6.76. The van der Waals surface area contributed by atoms with Gasteiger partial charge in [0, 0.05) is 25.6 Å². The highest BCUT2D eigenvalue weighted by Crippen LogP contribution is 2.28. The van der Waals surface area contributed by atoms with Crippen molar-refractivity contribution in [1.29, 1.82) is 0 Å². The first-order valence-corrected chi connectivity index (χ1v) is 14.2. The number of methoxy groups -OCH3 is 2. The lowest BCUT2D eigenvalue weighted by Crippen LogP contribution is -2.41. The van der Waals surface area contributed by atoms with Crippen LogP contribution in [-0.2, 0) is 21.2 Å². The Bertz CT molecular complexity index is 1400. The van der Waals surface area contributed by atoms with Crippen LogP contribution < -0.4 is 20.1 Å². The Balaban J connectivity index is 1.32. The fourth-order valence-corrected chi connectivity index (χ4v) is 6.07. The Hall–Kier alpha value is -3.89. The largest absolute Gasteiger partial charge is 0.493 e. The molecule has 0 radical (unpaired) electrons. The van der Waals surface area contributed by atoms with Crippen molar-refractivity contribution in [3.05, 3.63) is 83.9 Å². The molecule has 3 aromatic rings. The van der Waals surface area contributed by atoms with E-state index in [-0.39, 0.29) is 35.7 Å². The summed E-state index contributed by atoms with van der Waals surface area (Å²) >= 11 is 0. The Labute approximate surface area is 229 Å². The van der Waals surface area contributed by atoms with Gasteiger partial charge >= 0.3 is 0 Å². The number of sulfonamides is 1. The van der Waals surface area contributed by atoms with Crippen molar-refractivity contribution in [2.75, 3.05) is 39.2 Å². The summed E-state index contributed by atoms with van der Waals surface area (Å²) in [4.78, 5) is 26.2. The molecule has 0 unspecified atom stereocenters. The van der Waals surface area contributed by atoms with Crippen LogP contribution in [0.3, 0.4) is 0 Å². The molecule has 0 aromatic heterocycles. The topological polar surface area (TPSA) is 114 Å². The number of piperidine rings is 1. The average Bonchev–Trinajstić information content (AvgIpc) is 2.97. The molecule has 1 heterocycles. The highest BCUT2D eigenvalue weighted by molar-refractivity contribution is 7.89. The predicted molar refractivity (Wildman–Crippen MR) is 149 cm³/mol. The van der Waals surface area contributed by atoms with Crippen molar-refractivity contribution in [1.82, 2.24) is 9.62 Å². The Morgan fingerprint density at radius 3 is 2.26 bits per heavy atom. The van der Waals surface area contributed by atoms with Gasteiger partial charge in [0.1, 0.15) is 0 Å². The molecule has 1 saturated heterocycles. The normalized spacial score (nSPS) is 14.4. The molecular weight excluding hydrogens is 518 g/mol. The van der Waals surface area contributed by atoms with E-state index < -0.39 is 10.0 Å². The molecular formula is C29H33N3O6S. The number of carbonyl (C=O) groups excluding carboxylic acids is 2. The van der Waals surface area contributed by atoms with Gasteiger partial charge in [-0.3, -0.25) is 9.59 Å². The summed E-state index contributed by atoms with van der Waals surface area (Å²) in [6.45, 7) is 0.909. The van der Waals surface area contributed by atoms with E-state index in [0.717, 1.165) is 5.56 Å².